The van der Waals surface area contributed by atoms with Gasteiger partial charge in [0.2, 0.25) is 5.91 Å². The van der Waals surface area contributed by atoms with Gasteiger partial charge < -0.3 is 15.0 Å². The first-order valence-corrected chi connectivity index (χ1v) is 8.31. The Kier molecular flexibility index (Phi) is 6.51. The quantitative estimate of drug-likeness (QED) is 0.592. The number of H-pyrrole nitrogens is 1. The monoisotopic (exact) mass is 351 g/mol. The van der Waals surface area contributed by atoms with E-state index in [1.807, 2.05) is 13.8 Å². The summed E-state index contributed by atoms with van der Waals surface area (Å²) in [6.45, 7) is 4.02. The topological polar surface area (TPSA) is 84.1 Å². The lowest BCUT2D eigenvalue weighted by Crippen LogP contribution is -2.16. The number of hydrogen-bond acceptors (Lipinski definition) is 5. The minimum Gasteiger partial charge on any atom is -0.373 e. The minimum atomic E-state index is -0.371. The maximum Gasteiger partial charge on any atom is 0.251 e. The Morgan fingerprint density at radius 1 is 1.38 bits per heavy atom. The van der Waals surface area contributed by atoms with Crippen LogP contribution >= 0.6 is 11.8 Å². The Morgan fingerprint density at radius 2 is 2.08 bits per heavy atom. The number of nitrogens with one attached hydrogen (secondary N) is 2. The van der Waals surface area contributed by atoms with Crippen molar-refractivity contribution < 1.29 is 13.9 Å². The average Bonchev–Trinajstić information content (AvgIpc) is 2.53. The van der Waals surface area contributed by atoms with Crippen LogP contribution < -0.4 is 10.9 Å². The van der Waals surface area contributed by atoms with Crippen molar-refractivity contribution in [2.24, 2.45) is 0 Å². The van der Waals surface area contributed by atoms with Gasteiger partial charge in [-0.3, -0.25) is 9.59 Å². The number of hydrogen-bond donors (Lipinski definition) is 2. The molecule has 0 saturated carbocycles. The van der Waals surface area contributed by atoms with Crippen LogP contribution in [0.1, 0.15) is 19.5 Å². The molecule has 0 aliphatic carbocycles. The van der Waals surface area contributed by atoms with Crippen molar-refractivity contribution in [1.29, 1.82) is 0 Å². The molecular weight excluding hydrogens is 333 g/mol. The number of carbonyl (C=O) groups excluding carboxylic acids is 1. The molecule has 128 valence electrons. The molecular formula is C16H18FN3O3S. The van der Waals surface area contributed by atoms with Crippen molar-refractivity contribution in [3.63, 3.8) is 0 Å². The highest BCUT2D eigenvalue weighted by Gasteiger charge is 2.08. The lowest BCUT2D eigenvalue weighted by atomic mass is 10.3. The van der Waals surface area contributed by atoms with Crippen LogP contribution in [0.15, 0.2) is 40.3 Å². The molecule has 2 rings (SSSR count). The molecule has 0 bridgehead atoms. The molecule has 0 atom stereocenters. The van der Waals surface area contributed by atoms with Crippen LogP contribution in [0.25, 0.3) is 0 Å². The number of rotatable bonds is 7. The predicted molar refractivity (Wildman–Crippen MR) is 90.5 cm³/mol. The Labute approximate surface area is 142 Å². The van der Waals surface area contributed by atoms with Gasteiger partial charge in [-0.1, -0.05) is 11.8 Å². The van der Waals surface area contributed by atoms with E-state index in [2.05, 4.69) is 15.3 Å². The molecule has 0 aliphatic rings. The molecule has 24 heavy (non-hydrogen) atoms. The van der Waals surface area contributed by atoms with Gasteiger partial charge in [-0.25, -0.2) is 9.37 Å². The summed E-state index contributed by atoms with van der Waals surface area (Å²) in [5, 5.41) is 2.98. The lowest BCUT2D eigenvalue weighted by Gasteiger charge is -2.08. The molecule has 0 fully saturated rings. The van der Waals surface area contributed by atoms with Crippen LogP contribution in [0.2, 0.25) is 0 Å². The normalized spacial score (nSPS) is 10.8. The molecule has 8 heteroatoms. The highest BCUT2D eigenvalue weighted by molar-refractivity contribution is 7.99. The number of anilines is 1. The van der Waals surface area contributed by atoms with Gasteiger partial charge in [0, 0.05) is 11.8 Å². The summed E-state index contributed by atoms with van der Waals surface area (Å²) in [7, 11) is 0. The van der Waals surface area contributed by atoms with E-state index in [9.17, 15) is 14.0 Å². The van der Waals surface area contributed by atoms with Crippen LogP contribution in [-0.4, -0.2) is 27.7 Å². The van der Waals surface area contributed by atoms with Crippen molar-refractivity contribution in [2.45, 2.75) is 31.7 Å². The summed E-state index contributed by atoms with van der Waals surface area (Å²) in [5.41, 5.74) is 0.713. The van der Waals surface area contributed by atoms with Crippen LogP contribution in [-0.2, 0) is 16.1 Å². The number of aromatic nitrogens is 2. The van der Waals surface area contributed by atoms with E-state index in [4.69, 9.17) is 4.74 Å². The third-order valence-electron chi connectivity index (χ3n) is 2.81. The van der Waals surface area contributed by atoms with Gasteiger partial charge in [-0.15, -0.1) is 0 Å². The van der Waals surface area contributed by atoms with Gasteiger partial charge in [0.05, 0.1) is 24.2 Å². The molecule has 1 aromatic carbocycles. The Hall–Kier alpha value is -2.19. The molecule has 0 radical (unpaired) electrons. The molecule has 0 unspecified atom stereocenters. The second-order valence-electron chi connectivity index (χ2n) is 5.25. The molecule has 1 aromatic heterocycles. The number of benzene rings is 1. The van der Waals surface area contributed by atoms with Gasteiger partial charge in [0.25, 0.3) is 5.56 Å². The van der Waals surface area contributed by atoms with E-state index in [0.29, 0.717) is 16.5 Å². The maximum atomic E-state index is 12.8. The zero-order valence-corrected chi connectivity index (χ0v) is 14.2. The lowest BCUT2D eigenvalue weighted by molar-refractivity contribution is -0.113. The van der Waals surface area contributed by atoms with E-state index in [0.717, 1.165) is 11.8 Å². The van der Waals surface area contributed by atoms with Crippen molar-refractivity contribution in [3.05, 3.63) is 52.2 Å². The maximum absolute atomic E-state index is 12.8. The number of thioether (sulfide) groups is 1. The van der Waals surface area contributed by atoms with Crippen LogP contribution in [0.5, 0.6) is 0 Å². The number of halogens is 1. The van der Waals surface area contributed by atoms with E-state index in [1.165, 1.54) is 30.3 Å². The summed E-state index contributed by atoms with van der Waals surface area (Å²) >= 11 is 1.11. The first-order valence-electron chi connectivity index (χ1n) is 7.32. The summed E-state index contributed by atoms with van der Waals surface area (Å²) < 4.78 is 18.2. The van der Waals surface area contributed by atoms with Crippen molar-refractivity contribution >= 4 is 23.4 Å². The van der Waals surface area contributed by atoms with E-state index in [-0.39, 0.29) is 35.7 Å². The standard InChI is InChI=1S/C16H18FN3O3S/c1-10(2)23-8-13-7-14(21)20-16(19-13)24-9-15(22)18-12-5-3-11(17)4-6-12/h3-7,10H,8-9H2,1-2H3,(H,18,22)(H,19,20,21). The second-order valence-corrected chi connectivity index (χ2v) is 6.21. The smallest absolute Gasteiger partial charge is 0.251 e. The molecule has 6 nitrogen and oxygen atoms in total. The highest BCUT2D eigenvalue weighted by atomic mass is 32.2. The molecule has 1 heterocycles. The number of ether oxygens (including phenoxy) is 1. The van der Waals surface area contributed by atoms with E-state index in [1.54, 1.807) is 0 Å². The van der Waals surface area contributed by atoms with E-state index < -0.39 is 0 Å². The molecule has 1 amide bonds. The van der Waals surface area contributed by atoms with Crippen LogP contribution in [0, 0.1) is 5.82 Å². The largest absolute Gasteiger partial charge is 0.373 e. The van der Waals surface area contributed by atoms with Gasteiger partial charge in [0.1, 0.15) is 5.82 Å². The zero-order chi connectivity index (χ0) is 17.5. The molecule has 0 spiro atoms. The molecule has 0 aliphatic heterocycles. The number of aromatic amines is 1. The predicted octanol–water partition coefficient (Wildman–Crippen LogP) is 2.56. The minimum absolute atomic E-state index is 0.0312. The van der Waals surface area contributed by atoms with E-state index >= 15 is 0 Å². The number of nitrogens with zero attached hydrogens (tertiary/aromatic N) is 1. The molecule has 0 saturated heterocycles. The summed E-state index contributed by atoms with van der Waals surface area (Å²) in [5.74, 6) is -0.586. The van der Waals surface area contributed by atoms with Crippen molar-refractivity contribution in [1.82, 2.24) is 9.97 Å². The number of carbonyl (C=O) groups is 1. The fourth-order valence-electron chi connectivity index (χ4n) is 1.74. The zero-order valence-electron chi connectivity index (χ0n) is 13.3. The van der Waals surface area contributed by atoms with Crippen molar-refractivity contribution in [3.8, 4) is 0 Å². The second kappa shape index (κ2) is 8.60. The van der Waals surface area contributed by atoms with Gasteiger partial charge in [-0.2, -0.15) is 0 Å². The molecule has 2 N–H and O–H groups in total. The van der Waals surface area contributed by atoms with Crippen LogP contribution in [0.4, 0.5) is 10.1 Å². The first kappa shape index (κ1) is 18.2. The number of amides is 1. The Bertz CT molecular complexity index is 747. The SMILES string of the molecule is CC(C)OCc1cc(=O)[nH]c(SCC(=O)Nc2ccc(F)cc2)n1. The molecule has 2 aromatic rings. The first-order chi connectivity index (χ1) is 11.4. The van der Waals surface area contributed by atoms with Gasteiger partial charge >= 0.3 is 0 Å². The van der Waals surface area contributed by atoms with Crippen molar-refractivity contribution in [2.75, 3.05) is 11.1 Å². The average molecular weight is 351 g/mol. The fraction of sp³-hybridized carbons (Fsp3) is 0.312. The Balaban J connectivity index is 1.92. The highest BCUT2D eigenvalue weighted by Crippen LogP contribution is 2.14. The Morgan fingerprint density at radius 3 is 2.75 bits per heavy atom. The third-order valence-corrected chi connectivity index (χ3v) is 3.68. The van der Waals surface area contributed by atoms with Gasteiger partial charge in [0.15, 0.2) is 5.16 Å². The van der Waals surface area contributed by atoms with Gasteiger partial charge in [-0.05, 0) is 38.1 Å². The summed E-state index contributed by atoms with van der Waals surface area (Å²) in [4.78, 5) is 30.3. The van der Waals surface area contributed by atoms with Crippen LogP contribution in [0.3, 0.4) is 0 Å². The fourth-order valence-corrected chi connectivity index (χ4v) is 2.44. The third kappa shape index (κ3) is 6.13. The summed E-state index contributed by atoms with van der Waals surface area (Å²) in [6, 6.07) is 6.84. The summed E-state index contributed by atoms with van der Waals surface area (Å²) in [6.07, 6.45) is 0.0312.